The first kappa shape index (κ1) is 32.6. The van der Waals surface area contributed by atoms with Gasteiger partial charge in [-0.25, -0.2) is 18.2 Å². The van der Waals surface area contributed by atoms with Gasteiger partial charge in [-0.3, -0.25) is 9.59 Å². The molecule has 0 bridgehead atoms. The predicted molar refractivity (Wildman–Crippen MR) is 164 cm³/mol. The van der Waals surface area contributed by atoms with Gasteiger partial charge >= 0.3 is 11.9 Å². The Bertz CT molecular complexity index is 1810. The van der Waals surface area contributed by atoms with E-state index in [4.69, 9.17) is 35.4 Å². The molecule has 44 heavy (non-hydrogen) atoms. The molecule has 2 aromatic heterocycles. The molecule has 0 spiro atoms. The number of methoxy groups -OCH3 is 2. The van der Waals surface area contributed by atoms with E-state index >= 15 is 0 Å². The molecule has 0 radical (unpaired) electrons. The molecule has 0 fully saturated rings. The molecule has 234 valence electrons. The summed E-state index contributed by atoms with van der Waals surface area (Å²) in [5.74, 6) is 0.145. The lowest BCUT2D eigenvalue weighted by molar-refractivity contribution is -0.150. The first-order chi connectivity index (χ1) is 21.0. The number of esters is 1. The second-order valence-corrected chi connectivity index (χ2v) is 11.7. The number of thiol groups is 1. The second-order valence-electron chi connectivity index (χ2n) is 9.20. The third kappa shape index (κ3) is 7.78. The number of rotatable bonds is 13. The van der Waals surface area contributed by atoms with Crippen LogP contribution in [0.2, 0.25) is 4.34 Å². The Kier molecular flexibility index (Phi) is 10.7. The number of aromatic amines is 1. The highest BCUT2D eigenvalue weighted by atomic mass is 35.5. The molecule has 0 saturated heterocycles. The number of carbonyl (C=O) groups excluding carboxylic acids is 2. The maximum Gasteiger partial charge on any atom is 0.334 e. The van der Waals surface area contributed by atoms with E-state index in [0.717, 1.165) is 22.5 Å². The first-order valence-corrected chi connectivity index (χ1v) is 15.3. The highest BCUT2D eigenvalue weighted by Crippen LogP contribution is 2.32. The van der Waals surface area contributed by atoms with Crippen molar-refractivity contribution in [1.82, 2.24) is 9.97 Å². The molecule has 2 aromatic carbocycles. The van der Waals surface area contributed by atoms with E-state index in [2.05, 4.69) is 9.97 Å². The van der Waals surface area contributed by atoms with E-state index in [9.17, 15) is 22.8 Å². The van der Waals surface area contributed by atoms with Gasteiger partial charge in [-0.2, -0.15) is 0 Å². The zero-order chi connectivity index (χ0) is 32.0. The molecule has 4 rings (SSSR count). The van der Waals surface area contributed by atoms with E-state index in [1.54, 1.807) is 12.1 Å². The lowest BCUT2D eigenvalue weighted by atomic mass is 10.0. The fourth-order valence-electron chi connectivity index (χ4n) is 4.23. The van der Waals surface area contributed by atoms with Crippen LogP contribution in [0.5, 0.6) is 17.2 Å². The smallest absolute Gasteiger partial charge is 0.334 e. The number of benzene rings is 2. The molecule has 2 heterocycles. The average molecular weight is 666 g/mol. The van der Waals surface area contributed by atoms with Gasteiger partial charge in [0.05, 0.1) is 36.9 Å². The SMILES string of the molecule is COc1cc(OC)c2c(=O)[nH]c(-c3cc(C)c(OCCOC(=O)CCC(=O)ON(c4ccc(Cl)s4)[SH](=O)=O)c(C)c3)nc2c1. The van der Waals surface area contributed by atoms with Crippen LogP contribution in [0, 0.1) is 13.8 Å². The van der Waals surface area contributed by atoms with Crippen LogP contribution in [0.3, 0.4) is 0 Å². The fourth-order valence-corrected chi connectivity index (χ4v) is 5.82. The van der Waals surface area contributed by atoms with Gasteiger partial charge in [-0.1, -0.05) is 16.1 Å². The number of halogens is 1. The highest BCUT2D eigenvalue weighted by Gasteiger charge is 2.19. The summed E-state index contributed by atoms with van der Waals surface area (Å²) in [4.78, 5) is 49.3. The zero-order valence-electron chi connectivity index (χ0n) is 24.0. The molecule has 4 aromatic rings. The van der Waals surface area contributed by atoms with E-state index < -0.39 is 29.2 Å². The number of ether oxygens (including phenoxy) is 4. The molecule has 0 unspecified atom stereocenters. The monoisotopic (exact) mass is 665 g/mol. The predicted octanol–water partition coefficient (Wildman–Crippen LogP) is 4.13. The number of anilines is 1. The van der Waals surface area contributed by atoms with Crippen molar-refractivity contribution in [3.05, 3.63) is 62.2 Å². The van der Waals surface area contributed by atoms with E-state index in [-0.39, 0.29) is 30.2 Å². The second kappa shape index (κ2) is 14.4. The molecule has 13 nitrogen and oxygen atoms in total. The number of hydrogen-bond acceptors (Lipinski definition) is 12. The lowest BCUT2D eigenvalue weighted by Gasteiger charge is -2.15. The third-order valence-corrected chi connectivity index (χ3v) is 8.07. The van der Waals surface area contributed by atoms with Gasteiger partial charge in [0, 0.05) is 17.7 Å². The maximum atomic E-state index is 12.9. The van der Waals surface area contributed by atoms with Crippen LogP contribution in [0.1, 0.15) is 24.0 Å². The van der Waals surface area contributed by atoms with Crippen molar-refractivity contribution < 1.29 is 41.8 Å². The number of thiophene rings is 1. The number of fused-ring (bicyclic) bond motifs is 1. The Balaban J connectivity index is 1.32. The van der Waals surface area contributed by atoms with Crippen molar-refractivity contribution >= 4 is 61.7 Å². The highest BCUT2D eigenvalue weighted by molar-refractivity contribution is 7.74. The molecule has 0 aliphatic carbocycles. The maximum absolute atomic E-state index is 12.9. The summed E-state index contributed by atoms with van der Waals surface area (Å²) in [6.45, 7) is 3.60. The van der Waals surface area contributed by atoms with Crippen molar-refractivity contribution in [1.29, 1.82) is 0 Å². The minimum Gasteiger partial charge on any atom is -0.497 e. The van der Waals surface area contributed by atoms with Gasteiger partial charge in [0.1, 0.15) is 46.7 Å². The zero-order valence-corrected chi connectivity index (χ0v) is 26.5. The summed E-state index contributed by atoms with van der Waals surface area (Å²) >= 11 is 6.71. The summed E-state index contributed by atoms with van der Waals surface area (Å²) in [5.41, 5.74) is 2.23. The molecule has 0 aliphatic rings. The molecule has 1 N–H and O–H groups in total. The number of carbonyl (C=O) groups is 2. The van der Waals surface area contributed by atoms with Crippen molar-refractivity contribution in [3.8, 4) is 28.6 Å². The number of nitrogens with zero attached hydrogens (tertiary/aromatic N) is 2. The number of aryl methyl sites for hydroxylation is 2. The largest absolute Gasteiger partial charge is 0.497 e. The van der Waals surface area contributed by atoms with Gasteiger partial charge in [-0.05, 0) is 49.2 Å². The molecule has 0 aliphatic heterocycles. The van der Waals surface area contributed by atoms with Crippen molar-refractivity contribution in [3.63, 3.8) is 0 Å². The van der Waals surface area contributed by atoms with Crippen LogP contribution < -0.4 is 24.2 Å². The number of hydrogen-bond donors (Lipinski definition) is 2. The Morgan fingerprint density at radius 2 is 1.70 bits per heavy atom. The van der Waals surface area contributed by atoms with E-state index in [1.165, 1.54) is 26.4 Å². The van der Waals surface area contributed by atoms with Gasteiger partial charge < -0.3 is 28.8 Å². The van der Waals surface area contributed by atoms with Crippen LogP contribution in [-0.4, -0.2) is 57.8 Å². The number of nitrogens with one attached hydrogen (secondary N) is 1. The minimum absolute atomic E-state index is 0.0332. The van der Waals surface area contributed by atoms with Gasteiger partial charge in [0.2, 0.25) is 0 Å². The summed E-state index contributed by atoms with van der Waals surface area (Å²) in [7, 11) is -0.296. The van der Waals surface area contributed by atoms with Crippen LogP contribution in [0.15, 0.2) is 41.2 Å². The molecule has 0 atom stereocenters. The normalized spacial score (nSPS) is 11.0. The van der Waals surface area contributed by atoms with Crippen LogP contribution in [-0.2, 0) is 30.1 Å². The quantitative estimate of drug-likeness (QED) is 0.0913. The van der Waals surface area contributed by atoms with Crippen molar-refractivity contribution in [2.45, 2.75) is 26.7 Å². The number of aromatic nitrogens is 2. The Morgan fingerprint density at radius 3 is 2.32 bits per heavy atom. The summed E-state index contributed by atoms with van der Waals surface area (Å²) in [5, 5.41) is 0.405. The summed E-state index contributed by atoms with van der Waals surface area (Å²) in [6.07, 6.45) is -0.725. The Labute approximate surface area is 262 Å². The standard InChI is InChI=1S/C28H28ClN3O10S2/c1-15-11-17(27-30-19-13-18(38-3)14-20(39-4)25(19)28(35)31-27)12-16(2)26(15)41-10-9-40-23(33)7-8-24(34)42-32(44(36)37)22-6-5-21(29)43-22/h5-6,11-14,44H,7-10H2,1-4H3,(H,30,31,35). The van der Waals surface area contributed by atoms with Gasteiger partial charge in [-0.15, -0.1) is 11.3 Å². The molecule has 16 heteroatoms. The molecular weight excluding hydrogens is 638 g/mol. The van der Waals surface area contributed by atoms with Crippen molar-refractivity contribution in [2.75, 3.05) is 31.9 Å². The van der Waals surface area contributed by atoms with Crippen LogP contribution >= 0.6 is 22.9 Å². The summed E-state index contributed by atoms with van der Waals surface area (Å²) < 4.78 is 45.2. The fraction of sp³-hybridized carbons (Fsp3) is 0.286. The lowest BCUT2D eigenvalue weighted by Crippen LogP contribution is -2.25. The summed E-state index contributed by atoms with van der Waals surface area (Å²) in [6, 6.07) is 9.73. The number of H-pyrrole nitrogens is 1. The van der Waals surface area contributed by atoms with Gasteiger partial charge in [0.15, 0.2) is 0 Å². The molecular formula is C28H28ClN3O10S2. The van der Waals surface area contributed by atoms with E-state index in [0.29, 0.717) is 48.3 Å². The first-order valence-electron chi connectivity index (χ1n) is 13.0. The third-order valence-electron chi connectivity index (χ3n) is 6.15. The minimum atomic E-state index is -3.27. The topological polar surface area (TPSA) is 163 Å². The van der Waals surface area contributed by atoms with Gasteiger partial charge in [0.25, 0.3) is 16.4 Å². The van der Waals surface area contributed by atoms with Crippen LogP contribution in [0.25, 0.3) is 22.3 Å². The van der Waals surface area contributed by atoms with Crippen molar-refractivity contribution in [2.24, 2.45) is 0 Å². The molecule has 0 amide bonds. The molecule has 0 saturated carbocycles. The van der Waals surface area contributed by atoms with Crippen LogP contribution in [0.4, 0.5) is 5.00 Å². The average Bonchev–Trinajstić information content (AvgIpc) is 3.42. The Morgan fingerprint density at radius 1 is 1.00 bits per heavy atom. The Hall–Kier alpha value is -4.34. The van der Waals surface area contributed by atoms with E-state index in [1.807, 2.05) is 26.0 Å².